The number of halogens is 6. The smallest absolute Gasteiger partial charge is 0.342 e. The van der Waals surface area contributed by atoms with Gasteiger partial charge >= 0.3 is 5.13 Å². The van der Waals surface area contributed by atoms with Crippen LogP contribution in [0.5, 0.6) is 0 Å². The van der Waals surface area contributed by atoms with E-state index in [1.165, 1.54) is 23.5 Å². The molecule has 4 rings (SSSR count). The summed E-state index contributed by atoms with van der Waals surface area (Å²) in [6.07, 6.45) is 3.08. The monoisotopic (exact) mass is 595 g/mol. The molecule has 1 saturated heterocycles. The molecule has 0 spiro atoms. The summed E-state index contributed by atoms with van der Waals surface area (Å²) < 4.78 is 71.0. The van der Waals surface area contributed by atoms with Gasteiger partial charge in [0.05, 0.1) is 22.9 Å². The van der Waals surface area contributed by atoms with E-state index in [0.29, 0.717) is 10.7 Å². The van der Waals surface area contributed by atoms with E-state index in [-0.39, 0.29) is 22.7 Å². The molecular weight excluding hydrogens is 577 g/mol. The Morgan fingerprint density at radius 1 is 0.971 bits per heavy atom. The first-order valence-corrected chi connectivity index (χ1v) is 12.2. The normalized spacial score (nSPS) is 13.6. The van der Waals surface area contributed by atoms with Gasteiger partial charge in [-0.05, 0) is 38.3 Å². The highest BCUT2D eigenvalue weighted by Gasteiger charge is 2.32. The van der Waals surface area contributed by atoms with Crippen molar-refractivity contribution in [2.45, 2.75) is 37.0 Å². The molecule has 0 N–H and O–H groups in total. The Hall–Kier alpha value is -2.25. The zero-order chi connectivity index (χ0) is 24.6. The fourth-order valence-electron chi connectivity index (χ4n) is 3.80. The largest absolute Gasteiger partial charge is 1.00 e. The lowest BCUT2D eigenvalue weighted by Gasteiger charge is -2.21. The molecule has 188 valence electrons. The second-order valence-electron chi connectivity index (χ2n) is 7.74. The number of nitro groups is 1. The van der Waals surface area contributed by atoms with Crippen LogP contribution in [0, 0.1) is 46.1 Å². The minimum atomic E-state index is -2.19. The average molecular weight is 596 g/mol. The highest BCUT2D eigenvalue weighted by molar-refractivity contribution is 7.98. The van der Waals surface area contributed by atoms with Crippen LogP contribution in [0.2, 0.25) is 0 Å². The lowest BCUT2D eigenvalue weighted by atomic mass is 10.1. The molecule has 13 heteroatoms. The third kappa shape index (κ3) is 5.31. The Kier molecular flexibility index (Phi) is 8.76. The molecule has 2 aromatic carbocycles. The second-order valence-corrected chi connectivity index (χ2v) is 9.89. The highest BCUT2D eigenvalue weighted by Crippen LogP contribution is 2.36. The van der Waals surface area contributed by atoms with Crippen molar-refractivity contribution in [3.05, 3.63) is 73.9 Å². The average Bonchev–Trinajstić information content (AvgIpc) is 3.18. The van der Waals surface area contributed by atoms with Crippen LogP contribution >= 0.6 is 23.1 Å². The van der Waals surface area contributed by atoms with E-state index in [1.54, 1.807) is 19.1 Å². The summed E-state index contributed by atoms with van der Waals surface area (Å²) in [5.41, 5.74) is -0.399. The molecule has 0 amide bonds. The number of aryl methyl sites for hydroxylation is 1. The number of hydrogen-bond donors (Lipinski definition) is 0. The van der Waals surface area contributed by atoms with Crippen LogP contribution in [-0.2, 0) is 5.75 Å². The maximum Gasteiger partial charge on any atom is 0.342 e. The lowest BCUT2D eigenvalue weighted by Crippen LogP contribution is -3.00. The molecule has 3 aromatic rings. The van der Waals surface area contributed by atoms with Crippen molar-refractivity contribution in [1.29, 1.82) is 0 Å². The van der Waals surface area contributed by atoms with Crippen molar-refractivity contribution in [3.8, 4) is 5.69 Å². The molecule has 0 atom stereocenters. The standard InChI is InChI=1S/C22H19F5N3O2S2.BrH/c1-12-21(33-11-15-16(23)18(25)20(27)19(26)17(15)24)29(13-5-7-14(8-6-13)30(31)32)22(34-12)28-9-3-2-4-10-28;/h5-8H,2-4,9-11H2,1H3;1H/q+1;/p-1. The van der Waals surface area contributed by atoms with Crippen molar-refractivity contribution in [1.82, 2.24) is 0 Å². The Morgan fingerprint density at radius 2 is 1.51 bits per heavy atom. The molecule has 35 heavy (non-hydrogen) atoms. The molecule has 0 aliphatic carbocycles. The molecule has 1 aliphatic rings. The molecule has 0 radical (unpaired) electrons. The van der Waals surface area contributed by atoms with Crippen LogP contribution < -0.4 is 26.4 Å². The number of nitrogens with zero attached hydrogens (tertiary/aromatic N) is 3. The van der Waals surface area contributed by atoms with Gasteiger partial charge in [-0.25, -0.2) is 22.0 Å². The Labute approximate surface area is 216 Å². The van der Waals surface area contributed by atoms with E-state index in [4.69, 9.17) is 0 Å². The number of nitro benzene ring substituents is 1. The third-order valence-electron chi connectivity index (χ3n) is 5.54. The molecule has 0 unspecified atom stereocenters. The lowest BCUT2D eigenvalue weighted by molar-refractivity contribution is -0.618. The summed E-state index contributed by atoms with van der Waals surface area (Å²) in [4.78, 5) is 13.5. The first kappa shape index (κ1) is 27.3. The van der Waals surface area contributed by atoms with Crippen LogP contribution in [-0.4, -0.2) is 18.0 Å². The Balaban J connectivity index is 0.00000342. The first-order valence-electron chi connectivity index (χ1n) is 10.4. The fourth-order valence-corrected chi connectivity index (χ4v) is 6.27. The van der Waals surface area contributed by atoms with E-state index < -0.39 is 45.3 Å². The number of benzene rings is 2. The summed E-state index contributed by atoms with van der Waals surface area (Å²) in [5, 5.41) is 12.5. The molecule has 5 nitrogen and oxygen atoms in total. The zero-order valence-corrected chi connectivity index (χ0v) is 21.5. The maximum absolute atomic E-state index is 14.2. The van der Waals surface area contributed by atoms with Gasteiger partial charge in [0.1, 0.15) is 5.69 Å². The highest BCUT2D eigenvalue weighted by atomic mass is 79.9. The van der Waals surface area contributed by atoms with Gasteiger partial charge in [-0.1, -0.05) is 23.1 Å². The van der Waals surface area contributed by atoms with Crippen molar-refractivity contribution < 1.29 is 48.4 Å². The number of anilines is 1. The fraction of sp³-hybridized carbons (Fsp3) is 0.318. The van der Waals surface area contributed by atoms with Gasteiger partial charge < -0.3 is 17.0 Å². The predicted octanol–water partition coefficient (Wildman–Crippen LogP) is 3.22. The van der Waals surface area contributed by atoms with E-state index >= 15 is 0 Å². The van der Waals surface area contributed by atoms with Gasteiger partial charge in [-0.15, -0.1) is 0 Å². The minimum absolute atomic E-state index is 0. The minimum Gasteiger partial charge on any atom is -1.00 e. The Bertz CT molecular complexity index is 1220. The van der Waals surface area contributed by atoms with Crippen LogP contribution in [0.3, 0.4) is 0 Å². The van der Waals surface area contributed by atoms with E-state index in [1.807, 2.05) is 4.57 Å². The van der Waals surface area contributed by atoms with Gasteiger partial charge in [0.15, 0.2) is 28.3 Å². The van der Waals surface area contributed by atoms with E-state index in [0.717, 1.165) is 54.1 Å². The van der Waals surface area contributed by atoms with Crippen LogP contribution in [0.1, 0.15) is 29.7 Å². The van der Waals surface area contributed by atoms with Crippen molar-refractivity contribution in [2.75, 3.05) is 18.0 Å². The number of aromatic nitrogens is 1. The number of hydrogen-bond acceptors (Lipinski definition) is 5. The molecule has 1 fully saturated rings. The number of rotatable bonds is 6. The summed E-state index contributed by atoms with van der Waals surface area (Å²) in [6.45, 7) is 3.41. The van der Waals surface area contributed by atoms with Gasteiger partial charge in [0, 0.05) is 23.4 Å². The van der Waals surface area contributed by atoms with E-state index in [9.17, 15) is 32.1 Å². The quantitative estimate of drug-likeness (QED) is 0.0835. The second kappa shape index (κ2) is 11.2. The number of non-ortho nitro benzene ring substituents is 1. The summed E-state index contributed by atoms with van der Waals surface area (Å²) in [6, 6.07) is 5.85. The summed E-state index contributed by atoms with van der Waals surface area (Å²) in [5.74, 6) is -10.3. The van der Waals surface area contributed by atoms with Crippen LogP contribution in [0.15, 0.2) is 29.3 Å². The van der Waals surface area contributed by atoms with E-state index in [2.05, 4.69) is 4.90 Å². The van der Waals surface area contributed by atoms with Crippen molar-refractivity contribution in [2.24, 2.45) is 0 Å². The summed E-state index contributed by atoms with van der Waals surface area (Å²) in [7, 11) is 0. The number of piperidine rings is 1. The van der Waals surface area contributed by atoms with Crippen molar-refractivity contribution in [3.63, 3.8) is 0 Å². The molecule has 0 saturated carbocycles. The zero-order valence-electron chi connectivity index (χ0n) is 18.3. The third-order valence-corrected chi connectivity index (χ3v) is 7.99. The van der Waals surface area contributed by atoms with Crippen LogP contribution in [0.25, 0.3) is 5.69 Å². The topological polar surface area (TPSA) is 50.3 Å². The van der Waals surface area contributed by atoms with Gasteiger partial charge in [0.2, 0.25) is 5.82 Å². The van der Waals surface area contributed by atoms with Gasteiger partial charge in [-0.3, -0.25) is 15.0 Å². The molecule has 2 heterocycles. The van der Waals surface area contributed by atoms with Gasteiger partial charge in [0.25, 0.3) is 5.69 Å². The van der Waals surface area contributed by atoms with Crippen molar-refractivity contribution >= 4 is 33.9 Å². The number of thioether (sulfide) groups is 1. The predicted molar refractivity (Wildman–Crippen MR) is 119 cm³/mol. The van der Waals surface area contributed by atoms with Crippen LogP contribution in [0.4, 0.5) is 32.8 Å². The Morgan fingerprint density at radius 3 is 2.06 bits per heavy atom. The molecule has 0 bridgehead atoms. The SMILES string of the molecule is Cc1sc(N2CCCCC2)[n+](-c2ccc([N+](=O)[O-])cc2)c1SCc1c(F)c(F)c(F)c(F)c1F.[Br-]. The molecule has 1 aliphatic heterocycles. The molecule has 1 aromatic heterocycles. The maximum atomic E-state index is 14.2. The van der Waals surface area contributed by atoms with Gasteiger partial charge in [-0.2, -0.15) is 4.57 Å². The first-order chi connectivity index (χ1) is 16.2. The molecular formula is C22H19BrF5N3O2S2. The number of thiazole rings is 1. The summed E-state index contributed by atoms with van der Waals surface area (Å²) >= 11 is 2.39.